The molecule has 0 aliphatic carbocycles. The molecule has 0 aromatic carbocycles. The first-order valence-corrected chi connectivity index (χ1v) is 7.72. The van der Waals surface area contributed by atoms with Crippen molar-refractivity contribution in [3.05, 3.63) is 31.0 Å². The quantitative estimate of drug-likeness (QED) is 0.902. The molecule has 0 bridgehead atoms. The Morgan fingerprint density at radius 1 is 1.44 bits per heavy atom. The topological polar surface area (TPSA) is 59.3 Å². The van der Waals surface area contributed by atoms with Gasteiger partial charge in [0.1, 0.15) is 0 Å². The lowest BCUT2D eigenvalue weighted by atomic mass is 10.3. The number of aliphatic carboxylic acids is 1. The van der Waals surface area contributed by atoms with Gasteiger partial charge in [-0.05, 0) is 34.5 Å². The summed E-state index contributed by atoms with van der Waals surface area (Å²) in [5.41, 5.74) is 0.867. The van der Waals surface area contributed by atoms with Crippen LogP contribution in [0.25, 0.3) is 10.6 Å². The number of hydrogen-bond acceptors (Lipinski definition) is 4. The molecule has 0 unspecified atom stereocenters. The van der Waals surface area contributed by atoms with Crippen LogP contribution in [-0.4, -0.2) is 15.6 Å². The third kappa shape index (κ3) is 3.09. The lowest BCUT2D eigenvalue weighted by Crippen LogP contribution is -2.14. The van der Waals surface area contributed by atoms with Gasteiger partial charge in [0.15, 0.2) is 0 Å². The molecule has 18 heavy (non-hydrogen) atoms. The molecule has 1 N–H and O–H groups in total. The summed E-state index contributed by atoms with van der Waals surface area (Å²) in [6, 6.07) is 3.88. The van der Waals surface area contributed by atoms with E-state index < -0.39 is 5.97 Å². The van der Waals surface area contributed by atoms with E-state index in [4.69, 9.17) is 5.11 Å². The monoisotopic (exact) mass is 347 g/mol. The number of thiophene rings is 1. The van der Waals surface area contributed by atoms with Gasteiger partial charge in [-0.25, -0.2) is 0 Å². The minimum atomic E-state index is -0.835. The molecule has 0 fully saturated rings. The van der Waals surface area contributed by atoms with E-state index in [1.807, 2.05) is 17.5 Å². The molecule has 0 aliphatic rings. The Morgan fingerprint density at radius 3 is 2.83 bits per heavy atom. The number of thiazole rings is 1. The van der Waals surface area contributed by atoms with Gasteiger partial charge < -0.3 is 5.11 Å². The van der Waals surface area contributed by atoms with Crippen LogP contribution in [0.5, 0.6) is 0 Å². The van der Waals surface area contributed by atoms with Crippen molar-refractivity contribution < 1.29 is 9.90 Å². The Labute approximate surface area is 120 Å². The summed E-state index contributed by atoms with van der Waals surface area (Å²) in [4.78, 5) is 23.2. The van der Waals surface area contributed by atoms with Crippen LogP contribution >= 0.6 is 38.6 Å². The number of carboxylic acids is 1. The van der Waals surface area contributed by atoms with Gasteiger partial charge >= 0.3 is 10.8 Å². The largest absolute Gasteiger partial charge is 0.481 e. The van der Waals surface area contributed by atoms with Crippen molar-refractivity contribution in [3.63, 3.8) is 0 Å². The Balaban J connectivity index is 2.22. The van der Waals surface area contributed by atoms with E-state index in [2.05, 4.69) is 15.9 Å². The molecule has 0 atom stereocenters. The maximum absolute atomic E-state index is 11.7. The minimum absolute atomic E-state index is 0.0417. The molecule has 0 amide bonds. The van der Waals surface area contributed by atoms with E-state index >= 15 is 0 Å². The molecule has 96 valence electrons. The highest BCUT2D eigenvalue weighted by molar-refractivity contribution is 9.11. The Kier molecular flexibility index (Phi) is 4.36. The van der Waals surface area contributed by atoms with Crippen LogP contribution in [0.15, 0.2) is 26.1 Å². The first-order chi connectivity index (χ1) is 8.58. The van der Waals surface area contributed by atoms with E-state index in [1.54, 1.807) is 15.9 Å². The van der Waals surface area contributed by atoms with Gasteiger partial charge in [0.2, 0.25) is 0 Å². The van der Waals surface area contributed by atoms with Crippen LogP contribution in [0.1, 0.15) is 12.8 Å². The number of nitrogens with zero attached hydrogens (tertiary/aromatic N) is 1. The van der Waals surface area contributed by atoms with Crippen LogP contribution in [0.2, 0.25) is 0 Å². The molecule has 0 aliphatic heterocycles. The first-order valence-electron chi connectivity index (χ1n) is 5.24. The van der Waals surface area contributed by atoms with Gasteiger partial charge in [-0.2, -0.15) is 0 Å². The smallest absolute Gasteiger partial charge is 0.307 e. The summed E-state index contributed by atoms with van der Waals surface area (Å²) in [6.45, 7) is 0.444. The third-order valence-corrected chi connectivity index (χ3v) is 4.79. The lowest BCUT2D eigenvalue weighted by molar-refractivity contribution is -0.137. The molecule has 2 rings (SSSR count). The molecule has 0 radical (unpaired) electrons. The van der Waals surface area contributed by atoms with Gasteiger partial charge in [0.25, 0.3) is 0 Å². The molecule has 2 aromatic rings. The molecule has 0 spiro atoms. The second kappa shape index (κ2) is 5.81. The molecule has 2 aromatic heterocycles. The summed E-state index contributed by atoms with van der Waals surface area (Å²) < 4.78 is 2.65. The van der Waals surface area contributed by atoms with Crippen LogP contribution in [-0.2, 0) is 11.3 Å². The fraction of sp³-hybridized carbons (Fsp3) is 0.273. The third-order valence-electron chi connectivity index (χ3n) is 2.38. The van der Waals surface area contributed by atoms with Crippen LogP contribution in [0.3, 0.4) is 0 Å². The average molecular weight is 348 g/mol. The van der Waals surface area contributed by atoms with E-state index in [9.17, 15) is 9.59 Å². The average Bonchev–Trinajstić information content (AvgIpc) is 2.86. The highest BCUT2D eigenvalue weighted by Crippen LogP contribution is 2.31. The predicted octanol–water partition coefficient (Wildman–Crippen LogP) is 3.27. The lowest BCUT2D eigenvalue weighted by Gasteiger charge is -2.04. The number of carboxylic acid groups (broad SMARTS) is 1. The highest BCUT2D eigenvalue weighted by Gasteiger charge is 2.11. The zero-order chi connectivity index (χ0) is 13.1. The Morgan fingerprint density at radius 2 is 2.22 bits per heavy atom. The molecular formula is C11H10BrNO3S2. The second-order valence-corrected chi connectivity index (χ2v) is 6.92. The summed E-state index contributed by atoms with van der Waals surface area (Å²) in [7, 11) is 0. The standard InChI is InChI=1S/C11H10BrNO3S2/c12-9-4-3-8(18-9)7-6-17-11(16)13(7)5-1-2-10(14)15/h3-4,6H,1-2,5H2,(H,14,15). The number of aromatic nitrogens is 1. The van der Waals surface area contributed by atoms with Crippen molar-refractivity contribution in [2.75, 3.05) is 0 Å². The van der Waals surface area contributed by atoms with Crippen LogP contribution in [0.4, 0.5) is 0 Å². The van der Waals surface area contributed by atoms with Gasteiger partial charge in [0, 0.05) is 18.3 Å². The second-order valence-electron chi connectivity index (χ2n) is 3.64. The number of carbonyl (C=O) groups is 1. The number of halogens is 1. The van der Waals surface area contributed by atoms with E-state index in [0.29, 0.717) is 13.0 Å². The van der Waals surface area contributed by atoms with Crippen LogP contribution < -0.4 is 4.87 Å². The van der Waals surface area contributed by atoms with Crippen molar-refractivity contribution in [1.29, 1.82) is 0 Å². The van der Waals surface area contributed by atoms with E-state index in [0.717, 1.165) is 25.7 Å². The fourth-order valence-corrected chi connectivity index (χ4v) is 3.84. The van der Waals surface area contributed by atoms with Gasteiger partial charge in [-0.1, -0.05) is 11.3 Å². The summed E-state index contributed by atoms with van der Waals surface area (Å²) in [5.74, 6) is -0.835. The predicted molar refractivity (Wildman–Crippen MR) is 76.5 cm³/mol. The normalized spacial score (nSPS) is 10.7. The van der Waals surface area contributed by atoms with Gasteiger partial charge in [-0.15, -0.1) is 11.3 Å². The SMILES string of the molecule is O=C(O)CCCn1c(-c2ccc(Br)s2)csc1=O. The van der Waals surface area contributed by atoms with Crippen molar-refractivity contribution in [2.24, 2.45) is 0 Å². The Bertz CT molecular complexity index is 614. The van der Waals surface area contributed by atoms with Gasteiger partial charge in [-0.3, -0.25) is 14.2 Å². The number of hydrogen-bond donors (Lipinski definition) is 1. The highest BCUT2D eigenvalue weighted by atomic mass is 79.9. The zero-order valence-corrected chi connectivity index (χ0v) is 12.5. The van der Waals surface area contributed by atoms with Crippen molar-refractivity contribution >= 4 is 44.6 Å². The molecule has 7 heteroatoms. The van der Waals surface area contributed by atoms with E-state index in [1.165, 1.54) is 0 Å². The fourth-order valence-electron chi connectivity index (χ4n) is 1.57. The maximum atomic E-state index is 11.7. The van der Waals surface area contributed by atoms with E-state index in [-0.39, 0.29) is 11.3 Å². The minimum Gasteiger partial charge on any atom is -0.481 e. The molecular weight excluding hydrogens is 338 g/mol. The summed E-state index contributed by atoms with van der Waals surface area (Å²) in [5, 5.41) is 10.4. The molecule has 0 saturated heterocycles. The Hall–Kier alpha value is -0.920. The summed E-state index contributed by atoms with van der Waals surface area (Å²) in [6.07, 6.45) is 0.543. The van der Waals surface area contributed by atoms with Crippen molar-refractivity contribution in [1.82, 2.24) is 4.57 Å². The van der Waals surface area contributed by atoms with Crippen LogP contribution in [0, 0.1) is 0 Å². The zero-order valence-electron chi connectivity index (χ0n) is 9.26. The molecule has 0 saturated carbocycles. The summed E-state index contributed by atoms with van der Waals surface area (Å²) >= 11 is 6.09. The molecule has 4 nitrogen and oxygen atoms in total. The van der Waals surface area contributed by atoms with Gasteiger partial charge in [0.05, 0.1) is 14.4 Å². The van der Waals surface area contributed by atoms with Crippen molar-refractivity contribution in [2.45, 2.75) is 19.4 Å². The van der Waals surface area contributed by atoms with Crippen molar-refractivity contribution in [3.8, 4) is 10.6 Å². The maximum Gasteiger partial charge on any atom is 0.307 e. The first kappa shape index (κ1) is 13.5. The molecule has 2 heterocycles. The number of rotatable bonds is 5.